The van der Waals surface area contributed by atoms with Gasteiger partial charge in [0.2, 0.25) is 5.91 Å². The van der Waals surface area contributed by atoms with Crippen molar-refractivity contribution in [2.45, 2.75) is 33.4 Å². The van der Waals surface area contributed by atoms with Gasteiger partial charge in [-0.15, -0.1) is 0 Å². The fraction of sp³-hybridized carbons (Fsp3) is 0.385. The van der Waals surface area contributed by atoms with Crippen LogP contribution in [0.4, 0.5) is 16.2 Å². The normalized spacial score (nSPS) is 14.0. The predicted octanol–water partition coefficient (Wildman–Crippen LogP) is 3.39. The number of aryl methyl sites for hydroxylation is 1. The first-order valence-electron chi connectivity index (χ1n) is 12.7. The molecule has 3 aromatic rings. The molecule has 1 aromatic carbocycles. The molecule has 0 aliphatic carbocycles. The number of nitrogens with zero attached hydrogens (tertiary/aromatic N) is 5. The largest absolute Gasteiger partial charge is 0.486 e. The van der Waals surface area contributed by atoms with Crippen LogP contribution in [0.1, 0.15) is 41.9 Å². The SMILES string of the molecule is CCOC(=O)N1CCN(C(=O)C(C)n2cc(NC(=O)c3ccc(COc4ccc([N+](=O)[O-])cc4)o3)c(C)n2)CC1. The van der Waals surface area contributed by atoms with Crippen LogP contribution < -0.4 is 10.1 Å². The van der Waals surface area contributed by atoms with Gasteiger partial charge in [0.05, 0.1) is 22.9 Å². The van der Waals surface area contributed by atoms with Crippen molar-refractivity contribution in [2.24, 2.45) is 0 Å². The fourth-order valence-corrected chi connectivity index (χ4v) is 4.08. The third-order valence-corrected chi connectivity index (χ3v) is 6.35. The van der Waals surface area contributed by atoms with E-state index in [1.54, 1.807) is 42.8 Å². The number of carbonyl (C=O) groups excluding carboxylic acids is 3. The fourth-order valence-electron chi connectivity index (χ4n) is 4.08. The van der Waals surface area contributed by atoms with Gasteiger partial charge in [-0.1, -0.05) is 0 Å². The molecular weight excluding hydrogens is 524 g/mol. The number of benzene rings is 1. The van der Waals surface area contributed by atoms with Crippen molar-refractivity contribution >= 4 is 29.3 Å². The second kappa shape index (κ2) is 12.3. The van der Waals surface area contributed by atoms with E-state index in [0.29, 0.717) is 55.7 Å². The van der Waals surface area contributed by atoms with Crippen LogP contribution in [-0.4, -0.2) is 75.2 Å². The molecule has 1 atom stereocenters. The van der Waals surface area contributed by atoms with Gasteiger partial charge in [0, 0.05) is 44.5 Å². The molecule has 0 saturated carbocycles. The Morgan fingerprint density at radius 2 is 1.77 bits per heavy atom. The summed E-state index contributed by atoms with van der Waals surface area (Å²) in [7, 11) is 0. The quantitative estimate of drug-likeness (QED) is 0.309. The Morgan fingerprint density at radius 3 is 2.42 bits per heavy atom. The zero-order valence-electron chi connectivity index (χ0n) is 22.4. The summed E-state index contributed by atoms with van der Waals surface area (Å²) in [5.41, 5.74) is 0.904. The zero-order valence-corrected chi connectivity index (χ0v) is 22.4. The highest BCUT2D eigenvalue weighted by Gasteiger charge is 2.29. The molecule has 1 saturated heterocycles. The summed E-state index contributed by atoms with van der Waals surface area (Å²) >= 11 is 0. The molecule has 1 N–H and O–H groups in total. The van der Waals surface area contributed by atoms with E-state index in [4.69, 9.17) is 13.9 Å². The molecule has 3 heterocycles. The molecular formula is C26H30N6O8. The maximum atomic E-state index is 13.1. The Hall–Kier alpha value is -4.88. The average molecular weight is 555 g/mol. The third kappa shape index (κ3) is 6.57. The minimum atomic E-state index is -0.620. The Morgan fingerprint density at radius 1 is 1.10 bits per heavy atom. The van der Waals surface area contributed by atoms with Crippen LogP contribution in [0, 0.1) is 17.0 Å². The topological polar surface area (TPSA) is 162 Å². The summed E-state index contributed by atoms with van der Waals surface area (Å²) in [6, 6.07) is 8.10. The molecule has 212 valence electrons. The van der Waals surface area contributed by atoms with Crippen molar-refractivity contribution in [3.05, 3.63) is 69.9 Å². The Balaban J connectivity index is 1.31. The zero-order chi connectivity index (χ0) is 28.8. The van der Waals surface area contributed by atoms with Gasteiger partial charge < -0.3 is 29.0 Å². The lowest BCUT2D eigenvalue weighted by molar-refractivity contribution is -0.384. The van der Waals surface area contributed by atoms with Crippen molar-refractivity contribution in [3.8, 4) is 5.75 Å². The molecule has 14 nitrogen and oxygen atoms in total. The van der Waals surface area contributed by atoms with Crippen LogP contribution in [0.3, 0.4) is 0 Å². The van der Waals surface area contributed by atoms with Crippen molar-refractivity contribution in [1.29, 1.82) is 0 Å². The van der Waals surface area contributed by atoms with Gasteiger partial charge in [-0.2, -0.15) is 5.10 Å². The second-order valence-corrected chi connectivity index (χ2v) is 9.06. The predicted molar refractivity (Wildman–Crippen MR) is 141 cm³/mol. The van der Waals surface area contributed by atoms with Gasteiger partial charge in [-0.25, -0.2) is 4.79 Å². The highest BCUT2D eigenvalue weighted by atomic mass is 16.6. The number of nitro benzene ring substituents is 1. The highest BCUT2D eigenvalue weighted by Crippen LogP contribution is 2.22. The summed E-state index contributed by atoms with van der Waals surface area (Å²) in [6.07, 6.45) is 1.21. The number of rotatable bonds is 9. The van der Waals surface area contributed by atoms with Gasteiger partial charge in [0.1, 0.15) is 24.2 Å². The van der Waals surface area contributed by atoms with E-state index in [1.165, 1.54) is 35.0 Å². The van der Waals surface area contributed by atoms with Crippen LogP contribution >= 0.6 is 0 Å². The monoisotopic (exact) mass is 554 g/mol. The number of anilines is 1. The number of carbonyl (C=O) groups is 3. The number of piperazine rings is 1. The number of furan rings is 1. The molecule has 2 aromatic heterocycles. The first kappa shape index (κ1) is 28.1. The maximum absolute atomic E-state index is 13.1. The number of hydrogen-bond donors (Lipinski definition) is 1. The van der Waals surface area contributed by atoms with Crippen LogP contribution in [-0.2, 0) is 16.1 Å². The van der Waals surface area contributed by atoms with E-state index in [0.717, 1.165) is 0 Å². The summed E-state index contributed by atoms with van der Waals surface area (Å²) in [5.74, 6) is 0.211. The number of nitro groups is 1. The molecule has 14 heteroatoms. The van der Waals surface area contributed by atoms with E-state index >= 15 is 0 Å². The molecule has 3 amide bonds. The molecule has 1 aliphatic heterocycles. The van der Waals surface area contributed by atoms with Gasteiger partial charge in [-0.05, 0) is 45.0 Å². The van der Waals surface area contributed by atoms with Gasteiger partial charge in [-0.3, -0.25) is 24.4 Å². The van der Waals surface area contributed by atoms with E-state index in [1.807, 2.05) is 0 Å². The van der Waals surface area contributed by atoms with Crippen LogP contribution in [0.5, 0.6) is 5.75 Å². The van der Waals surface area contributed by atoms with Crippen LogP contribution in [0.2, 0.25) is 0 Å². The molecule has 0 spiro atoms. The molecule has 4 rings (SSSR count). The summed E-state index contributed by atoms with van der Waals surface area (Å²) in [4.78, 5) is 51.3. The molecule has 0 radical (unpaired) electrons. The molecule has 0 bridgehead atoms. The van der Waals surface area contributed by atoms with Crippen molar-refractivity contribution < 1.29 is 33.2 Å². The van der Waals surface area contributed by atoms with E-state index in [2.05, 4.69) is 10.4 Å². The van der Waals surface area contributed by atoms with Crippen molar-refractivity contribution in [2.75, 3.05) is 38.1 Å². The number of amides is 3. The lowest BCUT2D eigenvalue weighted by Gasteiger charge is -2.35. The summed E-state index contributed by atoms with van der Waals surface area (Å²) in [6.45, 7) is 7.06. The third-order valence-electron chi connectivity index (χ3n) is 6.35. The standard InChI is InChI=1S/C26H30N6O8/c1-4-38-26(35)30-13-11-29(12-14-30)25(34)18(3)31-15-22(17(2)28-31)27-24(33)23-10-9-21(40-23)16-39-20-7-5-19(6-8-20)32(36)37/h5-10,15,18H,4,11-14,16H2,1-3H3,(H,27,33). The van der Waals surface area contributed by atoms with Gasteiger partial charge >= 0.3 is 6.09 Å². The van der Waals surface area contributed by atoms with Gasteiger partial charge in [0.25, 0.3) is 11.6 Å². The second-order valence-electron chi connectivity index (χ2n) is 9.06. The Labute approximate surface area is 229 Å². The van der Waals surface area contributed by atoms with Crippen molar-refractivity contribution in [3.63, 3.8) is 0 Å². The molecule has 1 fully saturated rings. The summed E-state index contributed by atoms with van der Waals surface area (Å²) in [5, 5.41) is 17.9. The molecule has 1 unspecified atom stereocenters. The molecule has 40 heavy (non-hydrogen) atoms. The van der Waals surface area contributed by atoms with Gasteiger partial charge in [0.15, 0.2) is 5.76 Å². The maximum Gasteiger partial charge on any atom is 0.409 e. The average Bonchev–Trinajstić information content (AvgIpc) is 3.58. The van der Waals surface area contributed by atoms with Crippen LogP contribution in [0.15, 0.2) is 47.0 Å². The van der Waals surface area contributed by atoms with Crippen LogP contribution in [0.25, 0.3) is 0 Å². The smallest absolute Gasteiger partial charge is 0.409 e. The first-order valence-corrected chi connectivity index (χ1v) is 12.7. The number of aromatic nitrogens is 2. The lowest BCUT2D eigenvalue weighted by atomic mass is 10.2. The van der Waals surface area contributed by atoms with E-state index in [-0.39, 0.29) is 30.1 Å². The van der Waals surface area contributed by atoms with Crippen molar-refractivity contribution in [1.82, 2.24) is 19.6 Å². The first-order chi connectivity index (χ1) is 19.2. The Kier molecular flexibility index (Phi) is 8.67. The minimum absolute atomic E-state index is 0.0235. The number of nitrogens with one attached hydrogen (secondary N) is 1. The highest BCUT2D eigenvalue weighted by molar-refractivity contribution is 6.02. The minimum Gasteiger partial charge on any atom is -0.486 e. The van der Waals surface area contributed by atoms with E-state index < -0.39 is 16.9 Å². The lowest BCUT2D eigenvalue weighted by Crippen LogP contribution is -2.52. The molecule has 1 aliphatic rings. The Bertz CT molecular complexity index is 1370. The van der Waals surface area contributed by atoms with E-state index in [9.17, 15) is 24.5 Å². The summed E-state index contributed by atoms with van der Waals surface area (Å²) < 4.78 is 17.7. The number of non-ortho nitro benzene ring substituents is 1. The number of ether oxygens (including phenoxy) is 2. The number of hydrogen-bond acceptors (Lipinski definition) is 9.